The standard InChI is InChI=1S/C14H27NO/c1-12(13-5-3-4-6-13)15-11-14(7-8-14)9-10-16-2/h12-13,15H,3-11H2,1-2H3. The zero-order chi connectivity index (χ0) is 11.4. The Bertz CT molecular complexity index is 207. The van der Waals surface area contributed by atoms with Gasteiger partial charge in [0.2, 0.25) is 0 Å². The van der Waals surface area contributed by atoms with E-state index in [0.29, 0.717) is 5.41 Å². The maximum absolute atomic E-state index is 5.20. The van der Waals surface area contributed by atoms with Crippen molar-refractivity contribution in [1.29, 1.82) is 0 Å². The molecule has 1 N–H and O–H groups in total. The average Bonchev–Trinajstić information content (AvgIpc) is 2.85. The first kappa shape index (κ1) is 12.4. The van der Waals surface area contributed by atoms with Gasteiger partial charge in [0, 0.05) is 26.3 Å². The molecule has 0 spiro atoms. The molecule has 2 aliphatic carbocycles. The molecule has 2 heteroatoms. The molecule has 0 aromatic heterocycles. The zero-order valence-electron chi connectivity index (χ0n) is 10.9. The van der Waals surface area contributed by atoms with Crippen LogP contribution in [0.2, 0.25) is 0 Å². The highest BCUT2D eigenvalue weighted by Gasteiger charge is 2.42. The Hall–Kier alpha value is -0.0800. The van der Waals surface area contributed by atoms with E-state index in [2.05, 4.69) is 12.2 Å². The molecule has 94 valence electrons. The molecule has 0 saturated heterocycles. The molecule has 1 atom stereocenters. The van der Waals surface area contributed by atoms with Crippen LogP contribution >= 0.6 is 0 Å². The SMILES string of the molecule is COCCC1(CNC(C)C2CCCC2)CC1. The van der Waals surface area contributed by atoms with Crippen molar-refractivity contribution in [3.8, 4) is 0 Å². The van der Waals surface area contributed by atoms with E-state index in [1.54, 1.807) is 0 Å². The van der Waals surface area contributed by atoms with E-state index in [4.69, 9.17) is 4.74 Å². The van der Waals surface area contributed by atoms with Gasteiger partial charge in [0.05, 0.1) is 0 Å². The molecule has 2 aliphatic rings. The molecule has 2 saturated carbocycles. The van der Waals surface area contributed by atoms with Gasteiger partial charge in [0.25, 0.3) is 0 Å². The van der Waals surface area contributed by atoms with Gasteiger partial charge in [0.15, 0.2) is 0 Å². The van der Waals surface area contributed by atoms with E-state index in [0.717, 1.165) is 18.6 Å². The minimum absolute atomic E-state index is 0.600. The van der Waals surface area contributed by atoms with Crippen LogP contribution in [0.4, 0.5) is 0 Å². The van der Waals surface area contributed by atoms with Crippen LogP contribution in [0.15, 0.2) is 0 Å². The summed E-state index contributed by atoms with van der Waals surface area (Å²) < 4.78 is 5.20. The monoisotopic (exact) mass is 225 g/mol. The predicted octanol–water partition coefficient (Wildman–Crippen LogP) is 2.97. The first-order valence-corrected chi connectivity index (χ1v) is 6.98. The summed E-state index contributed by atoms with van der Waals surface area (Å²) in [5.74, 6) is 0.943. The van der Waals surface area contributed by atoms with E-state index in [9.17, 15) is 0 Å². The van der Waals surface area contributed by atoms with Crippen molar-refractivity contribution in [2.75, 3.05) is 20.3 Å². The van der Waals surface area contributed by atoms with Crippen molar-refractivity contribution in [3.63, 3.8) is 0 Å². The van der Waals surface area contributed by atoms with Gasteiger partial charge in [-0.05, 0) is 50.4 Å². The van der Waals surface area contributed by atoms with Crippen molar-refractivity contribution in [3.05, 3.63) is 0 Å². The zero-order valence-corrected chi connectivity index (χ0v) is 10.9. The van der Waals surface area contributed by atoms with E-state index in [1.807, 2.05) is 7.11 Å². The Morgan fingerprint density at radius 2 is 2.00 bits per heavy atom. The minimum atomic E-state index is 0.600. The third kappa shape index (κ3) is 3.21. The smallest absolute Gasteiger partial charge is 0.0468 e. The Morgan fingerprint density at radius 1 is 1.31 bits per heavy atom. The molecule has 0 amide bonds. The van der Waals surface area contributed by atoms with Gasteiger partial charge in [-0.1, -0.05) is 12.8 Å². The predicted molar refractivity (Wildman–Crippen MR) is 67.6 cm³/mol. The maximum atomic E-state index is 5.20. The van der Waals surface area contributed by atoms with E-state index in [1.165, 1.54) is 51.5 Å². The lowest BCUT2D eigenvalue weighted by molar-refractivity contribution is 0.169. The third-order valence-electron chi connectivity index (χ3n) is 4.70. The van der Waals surface area contributed by atoms with Crippen LogP contribution < -0.4 is 5.32 Å². The Labute approximate surface area is 100 Å². The Balaban J connectivity index is 1.66. The van der Waals surface area contributed by atoms with Crippen molar-refractivity contribution < 1.29 is 4.74 Å². The average molecular weight is 225 g/mol. The number of ether oxygens (including phenoxy) is 1. The number of hydrogen-bond donors (Lipinski definition) is 1. The highest BCUT2D eigenvalue weighted by Crippen LogP contribution is 2.48. The summed E-state index contributed by atoms with van der Waals surface area (Å²) >= 11 is 0. The topological polar surface area (TPSA) is 21.3 Å². The van der Waals surface area contributed by atoms with Gasteiger partial charge in [-0.15, -0.1) is 0 Å². The first-order chi connectivity index (χ1) is 7.76. The molecule has 0 aliphatic heterocycles. The fraction of sp³-hybridized carbons (Fsp3) is 1.00. The number of methoxy groups -OCH3 is 1. The lowest BCUT2D eigenvalue weighted by Gasteiger charge is -2.24. The Morgan fingerprint density at radius 3 is 2.56 bits per heavy atom. The number of hydrogen-bond acceptors (Lipinski definition) is 2. The summed E-state index contributed by atoms with van der Waals surface area (Å²) in [5.41, 5.74) is 0.600. The summed E-state index contributed by atoms with van der Waals surface area (Å²) in [6, 6.07) is 0.725. The molecule has 2 rings (SSSR count). The quantitative estimate of drug-likeness (QED) is 0.719. The third-order valence-corrected chi connectivity index (χ3v) is 4.70. The van der Waals surface area contributed by atoms with Crippen molar-refractivity contribution in [2.45, 2.75) is 57.9 Å². The summed E-state index contributed by atoms with van der Waals surface area (Å²) in [5, 5.41) is 3.78. The van der Waals surface area contributed by atoms with Crippen LogP contribution in [-0.2, 0) is 4.74 Å². The molecule has 0 bridgehead atoms. The second kappa shape index (κ2) is 5.50. The highest BCUT2D eigenvalue weighted by molar-refractivity contribution is 4.95. The van der Waals surface area contributed by atoms with Gasteiger partial charge in [-0.2, -0.15) is 0 Å². The van der Waals surface area contributed by atoms with Crippen LogP contribution in [0.1, 0.15) is 51.9 Å². The van der Waals surface area contributed by atoms with E-state index < -0.39 is 0 Å². The molecule has 1 unspecified atom stereocenters. The second-order valence-corrected chi connectivity index (χ2v) is 5.96. The fourth-order valence-electron chi connectivity index (χ4n) is 3.01. The van der Waals surface area contributed by atoms with Gasteiger partial charge in [-0.25, -0.2) is 0 Å². The van der Waals surface area contributed by atoms with Crippen LogP contribution in [0.3, 0.4) is 0 Å². The Kier molecular flexibility index (Phi) is 4.26. The lowest BCUT2D eigenvalue weighted by Crippen LogP contribution is -2.36. The number of nitrogens with one attached hydrogen (secondary N) is 1. The minimum Gasteiger partial charge on any atom is -0.385 e. The molecular weight excluding hydrogens is 198 g/mol. The summed E-state index contributed by atoms with van der Waals surface area (Å²) in [6.45, 7) is 4.52. The van der Waals surface area contributed by atoms with Gasteiger partial charge >= 0.3 is 0 Å². The molecule has 0 heterocycles. The summed E-state index contributed by atoms with van der Waals surface area (Å²) in [6.07, 6.45) is 9.84. The van der Waals surface area contributed by atoms with Crippen LogP contribution in [0, 0.1) is 11.3 Å². The van der Waals surface area contributed by atoms with Gasteiger partial charge < -0.3 is 10.1 Å². The van der Waals surface area contributed by atoms with Gasteiger partial charge in [-0.3, -0.25) is 0 Å². The lowest BCUT2D eigenvalue weighted by atomic mass is 9.97. The van der Waals surface area contributed by atoms with Crippen LogP contribution in [0.5, 0.6) is 0 Å². The van der Waals surface area contributed by atoms with Crippen LogP contribution in [-0.4, -0.2) is 26.3 Å². The van der Waals surface area contributed by atoms with Gasteiger partial charge in [0.1, 0.15) is 0 Å². The maximum Gasteiger partial charge on any atom is 0.0468 e. The largest absolute Gasteiger partial charge is 0.385 e. The first-order valence-electron chi connectivity index (χ1n) is 6.98. The molecule has 2 nitrogen and oxygen atoms in total. The van der Waals surface area contributed by atoms with Crippen molar-refractivity contribution in [2.24, 2.45) is 11.3 Å². The molecule has 2 fully saturated rings. The van der Waals surface area contributed by atoms with E-state index >= 15 is 0 Å². The van der Waals surface area contributed by atoms with Crippen molar-refractivity contribution in [1.82, 2.24) is 5.32 Å². The summed E-state index contributed by atoms with van der Waals surface area (Å²) in [7, 11) is 1.81. The molecular formula is C14H27NO. The number of rotatable bonds is 7. The second-order valence-electron chi connectivity index (χ2n) is 5.96. The van der Waals surface area contributed by atoms with Crippen molar-refractivity contribution >= 4 is 0 Å². The molecule has 0 radical (unpaired) electrons. The van der Waals surface area contributed by atoms with Crippen LogP contribution in [0.25, 0.3) is 0 Å². The summed E-state index contributed by atoms with van der Waals surface area (Å²) in [4.78, 5) is 0. The molecule has 0 aromatic carbocycles. The molecule has 0 aromatic rings. The highest BCUT2D eigenvalue weighted by atomic mass is 16.5. The fourth-order valence-corrected chi connectivity index (χ4v) is 3.01. The molecule has 16 heavy (non-hydrogen) atoms. The van der Waals surface area contributed by atoms with E-state index in [-0.39, 0.29) is 0 Å². The normalized spacial score (nSPS) is 25.9.